The smallest absolute Gasteiger partial charge is 0.256 e. The molecule has 0 bridgehead atoms. The highest BCUT2D eigenvalue weighted by Crippen LogP contribution is 2.29. The predicted molar refractivity (Wildman–Crippen MR) is 87.5 cm³/mol. The second-order valence-corrected chi connectivity index (χ2v) is 5.80. The van der Waals surface area contributed by atoms with Crippen LogP contribution in [-0.2, 0) is 4.74 Å². The van der Waals surface area contributed by atoms with Crippen molar-refractivity contribution in [3.05, 3.63) is 58.9 Å². The normalized spacial score (nSPS) is 14.5. The van der Waals surface area contributed by atoms with E-state index in [0.29, 0.717) is 31.9 Å². The number of nitrogens with one attached hydrogen (secondary N) is 1. The monoisotopic (exact) mass is 350 g/mol. The van der Waals surface area contributed by atoms with Gasteiger partial charge in [0, 0.05) is 13.1 Å². The van der Waals surface area contributed by atoms with Gasteiger partial charge in [-0.15, -0.1) is 0 Å². The van der Waals surface area contributed by atoms with Gasteiger partial charge in [0.05, 0.1) is 30.2 Å². The van der Waals surface area contributed by atoms with Gasteiger partial charge >= 0.3 is 0 Å². The summed E-state index contributed by atoms with van der Waals surface area (Å²) in [5.74, 6) is -3.42. The molecule has 0 saturated carbocycles. The fourth-order valence-corrected chi connectivity index (χ4v) is 2.64. The summed E-state index contributed by atoms with van der Waals surface area (Å²) in [5.41, 5.74) is 0.221. The van der Waals surface area contributed by atoms with E-state index in [-0.39, 0.29) is 16.9 Å². The first-order chi connectivity index (χ1) is 12.0. The van der Waals surface area contributed by atoms with Crippen molar-refractivity contribution < 1.29 is 22.7 Å². The van der Waals surface area contributed by atoms with E-state index in [9.17, 15) is 18.0 Å². The van der Waals surface area contributed by atoms with E-state index in [1.54, 1.807) is 13.0 Å². The van der Waals surface area contributed by atoms with E-state index < -0.39 is 23.4 Å². The Morgan fingerprint density at radius 1 is 1.08 bits per heavy atom. The van der Waals surface area contributed by atoms with Crippen molar-refractivity contribution >= 4 is 17.3 Å². The zero-order valence-corrected chi connectivity index (χ0v) is 13.6. The van der Waals surface area contributed by atoms with Crippen molar-refractivity contribution in [3.63, 3.8) is 0 Å². The van der Waals surface area contributed by atoms with Crippen molar-refractivity contribution in [2.24, 2.45) is 0 Å². The van der Waals surface area contributed by atoms with Gasteiger partial charge in [0.15, 0.2) is 11.6 Å². The molecule has 1 N–H and O–H groups in total. The van der Waals surface area contributed by atoms with E-state index in [2.05, 4.69) is 5.32 Å². The fourth-order valence-electron chi connectivity index (χ4n) is 2.64. The van der Waals surface area contributed by atoms with Crippen molar-refractivity contribution in [2.75, 3.05) is 31.6 Å². The van der Waals surface area contributed by atoms with Gasteiger partial charge in [-0.1, -0.05) is 6.07 Å². The molecule has 2 aromatic rings. The largest absolute Gasteiger partial charge is 0.378 e. The number of nitrogens with zero attached hydrogens (tertiary/aromatic N) is 1. The molecular formula is C18H17F3N2O2. The lowest BCUT2D eigenvalue weighted by molar-refractivity contribution is 0.0303. The molecule has 7 heteroatoms. The number of rotatable bonds is 3. The lowest BCUT2D eigenvalue weighted by Crippen LogP contribution is -2.41. The number of aryl methyl sites for hydroxylation is 1. The van der Waals surface area contributed by atoms with E-state index >= 15 is 0 Å². The molecule has 0 atom stereocenters. The molecular weight excluding hydrogens is 333 g/mol. The Morgan fingerprint density at radius 2 is 1.80 bits per heavy atom. The molecule has 1 saturated heterocycles. The maximum atomic E-state index is 14.3. The molecule has 132 valence electrons. The van der Waals surface area contributed by atoms with Crippen LogP contribution in [0.4, 0.5) is 24.5 Å². The highest BCUT2D eigenvalue weighted by atomic mass is 19.2. The number of amides is 1. The van der Waals surface area contributed by atoms with Crippen molar-refractivity contribution in [2.45, 2.75) is 6.92 Å². The van der Waals surface area contributed by atoms with Gasteiger partial charge in [-0.25, -0.2) is 13.2 Å². The zero-order valence-electron chi connectivity index (χ0n) is 13.6. The lowest BCUT2D eigenvalue weighted by atomic mass is 10.1. The first-order valence-corrected chi connectivity index (χ1v) is 7.85. The van der Waals surface area contributed by atoms with E-state index in [1.807, 2.05) is 0 Å². The average Bonchev–Trinajstić information content (AvgIpc) is 2.61. The third kappa shape index (κ3) is 3.61. The molecule has 2 aromatic carbocycles. The number of hydrogen-bond donors (Lipinski definition) is 1. The van der Waals surface area contributed by atoms with Gasteiger partial charge in [0.2, 0.25) is 0 Å². The summed E-state index contributed by atoms with van der Waals surface area (Å²) >= 11 is 0. The zero-order chi connectivity index (χ0) is 18.0. The highest BCUT2D eigenvalue weighted by molar-refractivity contribution is 6.00. The van der Waals surface area contributed by atoms with Crippen molar-refractivity contribution in [1.82, 2.24) is 4.90 Å². The van der Waals surface area contributed by atoms with Crippen molar-refractivity contribution in [3.8, 4) is 0 Å². The van der Waals surface area contributed by atoms with Gasteiger partial charge in [-0.2, -0.15) is 0 Å². The van der Waals surface area contributed by atoms with Crippen LogP contribution >= 0.6 is 0 Å². The van der Waals surface area contributed by atoms with Crippen LogP contribution in [0.2, 0.25) is 0 Å². The van der Waals surface area contributed by atoms with Gasteiger partial charge in [0.25, 0.3) is 5.91 Å². The van der Waals surface area contributed by atoms with Gasteiger partial charge in [-0.3, -0.25) is 4.79 Å². The SMILES string of the molecule is Cc1ccc(Nc2c(C(=O)N3CCOCC3)ccc(F)c2F)c(F)c1. The van der Waals surface area contributed by atoms with E-state index in [0.717, 1.165) is 6.07 Å². The maximum Gasteiger partial charge on any atom is 0.256 e. The second-order valence-electron chi connectivity index (χ2n) is 5.80. The van der Waals surface area contributed by atoms with Crippen LogP contribution in [0.25, 0.3) is 0 Å². The molecule has 0 unspecified atom stereocenters. The standard InChI is InChI=1S/C18H17F3N2O2/c1-11-2-5-15(14(20)10-11)22-17-12(3-4-13(19)16(17)21)18(24)23-6-8-25-9-7-23/h2-5,10,22H,6-9H2,1H3. The summed E-state index contributed by atoms with van der Waals surface area (Å²) in [4.78, 5) is 14.2. The quantitative estimate of drug-likeness (QED) is 0.919. The minimum absolute atomic E-state index is 0.0360. The molecule has 0 radical (unpaired) electrons. The molecule has 1 amide bonds. The highest BCUT2D eigenvalue weighted by Gasteiger charge is 2.25. The summed E-state index contributed by atoms with van der Waals surface area (Å²) in [5, 5.41) is 2.53. The van der Waals surface area contributed by atoms with Gasteiger partial charge in [0.1, 0.15) is 5.82 Å². The number of hydrogen-bond acceptors (Lipinski definition) is 3. The number of ether oxygens (including phenoxy) is 1. The predicted octanol–water partition coefficient (Wildman–Crippen LogP) is 3.63. The Balaban J connectivity index is 1.99. The van der Waals surface area contributed by atoms with Crippen LogP contribution in [0.15, 0.2) is 30.3 Å². The van der Waals surface area contributed by atoms with E-state index in [4.69, 9.17) is 4.74 Å². The summed E-state index contributed by atoms with van der Waals surface area (Å²) in [6, 6.07) is 6.40. The molecule has 1 heterocycles. The number of carbonyl (C=O) groups is 1. The van der Waals surface area contributed by atoms with E-state index in [1.165, 1.54) is 23.1 Å². The summed E-state index contributed by atoms with van der Waals surface area (Å²) in [6.07, 6.45) is 0. The molecule has 1 fully saturated rings. The van der Waals surface area contributed by atoms with Crippen LogP contribution in [0.3, 0.4) is 0 Å². The molecule has 3 rings (SSSR count). The molecule has 1 aliphatic heterocycles. The molecule has 25 heavy (non-hydrogen) atoms. The first kappa shape index (κ1) is 17.3. The number of morpholine rings is 1. The molecule has 0 spiro atoms. The van der Waals surface area contributed by atoms with Crippen LogP contribution in [0.5, 0.6) is 0 Å². The molecule has 1 aliphatic rings. The van der Waals surface area contributed by atoms with Crippen LogP contribution < -0.4 is 5.32 Å². The molecule has 0 aromatic heterocycles. The fraction of sp³-hybridized carbons (Fsp3) is 0.278. The van der Waals surface area contributed by atoms with Gasteiger partial charge in [-0.05, 0) is 36.8 Å². The molecule has 0 aliphatic carbocycles. The Bertz CT molecular complexity index is 805. The molecule has 4 nitrogen and oxygen atoms in total. The third-order valence-electron chi connectivity index (χ3n) is 4.01. The van der Waals surface area contributed by atoms with Crippen molar-refractivity contribution in [1.29, 1.82) is 0 Å². The average molecular weight is 350 g/mol. The Kier molecular flexibility index (Phi) is 4.94. The summed E-state index contributed by atoms with van der Waals surface area (Å²) in [6.45, 7) is 3.19. The Morgan fingerprint density at radius 3 is 2.48 bits per heavy atom. The van der Waals surface area contributed by atoms with Crippen LogP contribution in [0, 0.1) is 24.4 Å². The second kappa shape index (κ2) is 7.14. The number of benzene rings is 2. The maximum absolute atomic E-state index is 14.3. The number of anilines is 2. The lowest BCUT2D eigenvalue weighted by Gasteiger charge is -2.27. The topological polar surface area (TPSA) is 41.6 Å². The minimum Gasteiger partial charge on any atom is -0.378 e. The third-order valence-corrected chi connectivity index (χ3v) is 4.01. The van der Waals surface area contributed by atoms with Gasteiger partial charge < -0.3 is 15.0 Å². The number of halogens is 3. The summed E-state index contributed by atoms with van der Waals surface area (Å²) in [7, 11) is 0. The minimum atomic E-state index is -1.22. The van der Waals surface area contributed by atoms with Crippen LogP contribution in [0.1, 0.15) is 15.9 Å². The Labute approximate surface area is 143 Å². The van der Waals surface area contributed by atoms with Crippen LogP contribution in [-0.4, -0.2) is 37.1 Å². The Hall–Kier alpha value is -2.54. The first-order valence-electron chi connectivity index (χ1n) is 7.85. The summed E-state index contributed by atoms with van der Waals surface area (Å²) < 4.78 is 47.3. The number of carbonyl (C=O) groups excluding carboxylic acids is 1.